The fraction of sp³-hybridized carbons (Fsp3) is 0.0588. The first-order valence-electron chi connectivity index (χ1n) is 12.5. The van der Waals surface area contributed by atoms with Crippen molar-refractivity contribution in [1.82, 2.24) is 0 Å². The molecule has 0 N–H and O–H groups in total. The van der Waals surface area contributed by atoms with Gasteiger partial charge in [-0.05, 0) is 0 Å². The second-order valence-electron chi connectivity index (χ2n) is 9.45. The molecule has 1 unspecified atom stereocenters. The van der Waals surface area contributed by atoms with Gasteiger partial charge >= 0.3 is 224 Å². The molecule has 0 aromatic heterocycles. The van der Waals surface area contributed by atoms with Crippen LogP contribution in [0.4, 0.5) is 0 Å². The summed E-state index contributed by atoms with van der Waals surface area (Å²) in [4.78, 5) is 0. The maximum Gasteiger partial charge on any atom is -1.00 e. The summed E-state index contributed by atoms with van der Waals surface area (Å²) in [5.41, 5.74) is 8.88. The van der Waals surface area contributed by atoms with Gasteiger partial charge in [0.05, 0.1) is 0 Å². The minimum Gasteiger partial charge on any atom is -1.00 e. The minimum absolute atomic E-state index is 0. The van der Waals surface area contributed by atoms with Crippen molar-refractivity contribution >= 4 is 28.5 Å². The Bertz CT molecular complexity index is 1560. The molecule has 5 aromatic rings. The topological polar surface area (TPSA) is 0 Å². The number of rotatable bonds is 5. The first-order chi connectivity index (χ1) is 17.9. The van der Waals surface area contributed by atoms with E-state index in [9.17, 15) is 0 Å². The predicted molar refractivity (Wildman–Crippen MR) is 151 cm³/mol. The third kappa shape index (κ3) is 4.86. The maximum absolute atomic E-state index is 2.53. The van der Waals surface area contributed by atoms with E-state index in [1.54, 1.807) is 14.7 Å². The third-order valence-electron chi connectivity index (χ3n) is 7.34. The summed E-state index contributed by atoms with van der Waals surface area (Å²) >= 11 is -0.465. The molecule has 5 aromatic carbocycles. The summed E-state index contributed by atoms with van der Waals surface area (Å²) in [5, 5.41) is 4.51. The molecule has 0 nitrogen and oxygen atoms in total. The Morgan fingerprint density at radius 2 is 1.18 bits per heavy atom. The van der Waals surface area contributed by atoms with Crippen LogP contribution in [0, 0.1) is 0 Å². The summed E-state index contributed by atoms with van der Waals surface area (Å²) in [6, 6.07) is 47.5. The van der Waals surface area contributed by atoms with Gasteiger partial charge < -0.3 is 24.8 Å². The molecule has 1 atom stereocenters. The molecule has 2 aliphatic carbocycles. The predicted octanol–water partition coefficient (Wildman–Crippen LogP) is 1.20. The number of allylic oxidation sites excluding steroid dienone is 1. The van der Waals surface area contributed by atoms with Crippen LogP contribution in [-0.4, -0.2) is 0 Å². The van der Waals surface area contributed by atoms with Crippen molar-refractivity contribution in [3.05, 3.63) is 155 Å². The molecule has 0 amide bonds. The standard InChI is InChI=1S/C21H16P.C13H9.2ClH.Ti/c1-3-11-19(12-4-1)22(20-13-5-2-6-14-20)21-15-17-9-7-8-10-18(17)16-21;1-3-7-12-10(5-1)9-11-6-2-4-8-13(11)12;;;/h1-16H;1-5,7-8H,9H2;2*1H;/q;;;;+2/p-2. The Labute approximate surface area is 247 Å². The maximum atomic E-state index is 2.53. The molecule has 0 radical (unpaired) electrons. The van der Waals surface area contributed by atoms with E-state index in [0.717, 1.165) is 6.42 Å². The molecule has 0 saturated carbocycles. The smallest absolute Gasteiger partial charge is 1.00 e. The van der Waals surface area contributed by atoms with E-state index < -0.39 is 27.1 Å². The Balaban J connectivity index is 0.00000147. The Hall–Kier alpha value is -2.44. The van der Waals surface area contributed by atoms with Crippen molar-refractivity contribution in [2.24, 2.45) is 0 Å². The van der Waals surface area contributed by atoms with E-state index in [2.05, 4.69) is 133 Å². The molecule has 0 heterocycles. The van der Waals surface area contributed by atoms with Crippen LogP contribution in [0.1, 0.15) is 26.5 Å². The molecule has 2 aliphatic rings. The van der Waals surface area contributed by atoms with Gasteiger partial charge in [-0.2, -0.15) is 0 Å². The van der Waals surface area contributed by atoms with Gasteiger partial charge in [-0.1, -0.05) is 0 Å². The number of hydrogen-bond donors (Lipinski definition) is 0. The van der Waals surface area contributed by atoms with Crippen molar-refractivity contribution in [2.45, 2.75) is 10.6 Å². The molecular formula is C34H25Cl2PTi. The van der Waals surface area contributed by atoms with Crippen LogP contribution in [0.3, 0.4) is 0 Å². The van der Waals surface area contributed by atoms with Gasteiger partial charge in [0.15, 0.2) is 0 Å². The summed E-state index contributed by atoms with van der Waals surface area (Å²) in [6.07, 6.45) is 3.61. The average Bonchev–Trinajstić information content (AvgIpc) is 3.49. The van der Waals surface area contributed by atoms with Crippen LogP contribution in [0.2, 0.25) is 0 Å². The molecule has 7 rings (SSSR count). The molecular weight excluding hydrogens is 558 g/mol. The van der Waals surface area contributed by atoms with E-state index in [-0.39, 0.29) is 24.8 Å². The number of fused-ring (bicyclic) bond motifs is 4. The molecule has 0 saturated heterocycles. The van der Waals surface area contributed by atoms with Gasteiger partial charge in [-0.3, -0.25) is 0 Å². The second-order valence-corrected chi connectivity index (χ2v) is 13.9. The van der Waals surface area contributed by atoms with Crippen LogP contribution in [0.15, 0.2) is 133 Å². The van der Waals surface area contributed by atoms with Gasteiger partial charge in [0.25, 0.3) is 0 Å². The Morgan fingerprint density at radius 3 is 1.92 bits per heavy atom. The summed E-state index contributed by atoms with van der Waals surface area (Å²) in [6.45, 7) is 0. The third-order valence-corrected chi connectivity index (χ3v) is 12.9. The molecule has 38 heavy (non-hydrogen) atoms. The van der Waals surface area contributed by atoms with Crippen LogP contribution in [0.5, 0.6) is 0 Å². The first kappa shape index (κ1) is 27.1. The quantitative estimate of drug-likeness (QED) is 0.212. The van der Waals surface area contributed by atoms with E-state index in [0.29, 0.717) is 4.22 Å². The zero-order valence-electron chi connectivity index (χ0n) is 20.7. The zero-order chi connectivity index (χ0) is 23.9. The first-order valence-corrected chi connectivity index (χ1v) is 15.6. The van der Waals surface area contributed by atoms with Crippen molar-refractivity contribution in [1.29, 1.82) is 0 Å². The van der Waals surface area contributed by atoms with Crippen LogP contribution in [0.25, 0.3) is 17.2 Å². The van der Waals surface area contributed by atoms with Gasteiger partial charge in [0.2, 0.25) is 0 Å². The van der Waals surface area contributed by atoms with E-state index in [1.165, 1.54) is 38.4 Å². The number of benzene rings is 5. The number of hydrogen-bond acceptors (Lipinski definition) is 0. The van der Waals surface area contributed by atoms with Crippen LogP contribution in [-0.2, 0) is 25.6 Å². The fourth-order valence-electron chi connectivity index (χ4n) is 5.70. The van der Waals surface area contributed by atoms with E-state index in [4.69, 9.17) is 0 Å². The van der Waals surface area contributed by atoms with Gasteiger partial charge in [0.1, 0.15) is 0 Å². The molecule has 4 heteroatoms. The van der Waals surface area contributed by atoms with Gasteiger partial charge in [-0.25, -0.2) is 0 Å². The van der Waals surface area contributed by atoms with Crippen molar-refractivity contribution in [2.75, 3.05) is 0 Å². The van der Waals surface area contributed by atoms with Crippen molar-refractivity contribution in [3.63, 3.8) is 0 Å². The molecule has 0 spiro atoms. The molecule has 0 aliphatic heterocycles. The van der Waals surface area contributed by atoms with Gasteiger partial charge in [-0.15, -0.1) is 0 Å². The minimum atomic E-state index is -0.594. The van der Waals surface area contributed by atoms with E-state index >= 15 is 0 Å². The largest absolute Gasteiger partial charge is 1.00 e. The Kier molecular flexibility index (Phi) is 8.39. The Morgan fingerprint density at radius 1 is 0.579 bits per heavy atom. The van der Waals surface area contributed by atoms with E-state index in [1.807, 2.05) is 0 Å². The summed E-state index contributed by atoms with van der Waals surface area (Å²) < 4.78 is 2.12. The van der Waals surface area contributed by atoms with Crippen LogP contribution >= 0.6 is 7.92 Å². The van der Waals surface area contributed by atoms with Crippen molar-refractivity contribution in [3.8, 4) is 11.1 Å². The van der Waals surface area contributed by atoms with Crippen molar-refractivity contribution < 1.29 is 44.0 Å². The zero-order valence-corrected chi connectivity index (χ0v) is 24.7. The van der Waals surface area contributed by atoms with Gasteiger partial charge in [0, 0.05) is 0 Å². The monoisotopic (exact) mass is 582 g/mol. The second kappa shape index (κ2) is 11.8. The summed E-state index contributed by atoms with van der Waals surface area (Å²) in [5.74, 6) is 0. The average molecular weight is 583 g/mol. The molecule has 0 bridgehead atoms. The SMILES string of the molecule is C1=C(P(c2ccccc2)c2ccccc2)[CH]([Ti+2][c]2cccc3c2Cc2ccccc2-3)c2ccccc21.[Cl-].[Cl-]. The fourth-order valence-corrected chi connectivity index (χ4v) is 11.5. The van der Waals surface area contributed by atoms with Crippen LogP contribution < -0.4 is 39.3 Å². The number of halogens is 2. The molecule has 0 fully saturated rings. The normalized spacial score (nSPS) is 14.3. The summed E-state index contributed by atoms with van der Waals surface area (Å²) in [7, 11) is -0.594. The molecule has 184 valence electrons.